The predicted molar refractivity (Wildman–Crippen MR) is 155 cm³/mol. The van der Waals surface area contributed by atoms with Crippen LogP contribution >= 0.6 is 23.8 Å². The third-order valence-corrected chi connectivity index (χ3v) is 7.24. The number of methoxy groups -OCH3 is 1. The van der Waals surface area contributed by atoms with Gasteiger partial charge in [0.15, 0.2) is 5.11 Å². The molecule has 1 fully saturated rings. The van der Waals surface area contributed by atoms with Gasteiger partial charge in [0.1, 0.15) is 6.61 Å². The zero-order valence-electron chi connectivity index (χ0n) is 21.3. The minimum absolute atomic E-state index is 0.00104. The minimum atomic E-state index is -0.207. The molecule has 1 amide bonds. The van der Waals surface area contributed by atoms with Crippen molar-refractivity contribution in [3.8, 4) is 5.69 Å². The number of benzene rings is 2. The summed E-state index contributed by atoms with van der Waals surface area (Å²) in [4.78, 5) is 18.7. The summed E-state index contributed by atoms with van der Waals surface area (Å²) in [6.45, 7) is 4.22. The van der Waals surface area contributed by atoms with Crippen LogP contribution in [-0.4, -0.2) is 34.3 Å². The van der Waals surface area contributed by atoms with E-state index in [1.54, 1.807) is 6.20 Å². The Morgan fingerprint density at radius 2 is 1.79 bits per heavy atom. The molecule has 5 rings (SSSR count). The zero-order valence-corrected chi connectivity index (χ0v) is 22.9. The first-order valence-corrected chi connectivity index (χ1v) is 13.0. The van der Waals surface area contributed by atoms with Gasteiger partial charge in [-0.1, -0.05) is 17.7 Å². The van der Waals surface area contributed by atoms with Gasteiger partial charge in [0, 0.05) is 46.8 Å². The molecule has 2 aromatic carbocycles. The average Bonchev–Trinajstić information content (AvgIpc) is 3.41. The van der Waals surface area contributed by atoms with E-state index in [1.807, 2.05) is 66.7 Å². The molecule has 0 unspecified atom stereocenters. The number of rotatable bonds is 7. The Bertz CT molecular complexity index is 1460. The number of amides is 1. The lowest BCUT2D eigenvalue weighted by molar-refractivity contribution is -0.119. The summed E-state index contributed by atoms with van der Waals surface area (Å²) in [7, 11) is 1.49. The van der Waals surface area contributed by atoms with Gasteiger partial charge in [-0.2, -0.15) is 0 Å². The van der Waals surface area contributed by atoms with Gasteiger partial charge < -0.3 is 24.8 Å². The molecule has 0 spiro atoms. The number of nitrogens with one attached hydrogen (secondary N) is 2. The summed E-state index contributed by atoms with van der Waals surface area (Å²) >= 11 is 12.0. The van der Waals surface area contributed by atoms with Gasteiger partial charge in [-0.25, -0.2) is 0 Å². The Balaban J connectivity index is 1.57. The van der Waals surface area contributed by atoms with E-state index in [-0.39, 0.29) is 24.6 Å². The maximum Gasteiger partial charge on any atom is 0.250 e. The minimum Gasteiger partial charge on any atom is -0.375 e. The summed E-state index contributed by atoms with van der Waals surface area (Å²) in [5.41, 5.74) is 6.89. The molecule has 3 heterocycles. The van der Waals surface area contributed by atoms with Crippen LogP contribution in [0.5, 0.6) is 0 Å². The molecule has 2 atom stereocenters. The van der Waals surface area contributed by atoms with E-state index in [1.165, 1.54) is 7.11 Å². The fraction of sp³-hybridized carbons (Fsp3) is 0.207. The van der Waals surface area contributed by atoms with Crippen molar-refractivity contribution >= 4 is 46.2 Å². The number of hydrogen-bond acceptors (Lipinski definition) is 4. The molecule has 0 aliphatic carbocycles. The maximum absolute atomic E-state index is 12.0. The number of aryl methyl sites for hydroxylation is 1. The SMILES string of the molecule is COCC(=O)Nc1ccc(N2C(=S)N[C@H](c3ccccn3)[C@H]2c2cc(C)n(-c3ccc(Cl)cc3)c2C)cc1. The van der Waals surface area contributed by atoms with Crippen molar-refractivity contribution in [1.29, 1.82) is 0 Å². The number of pyridine rings is 1. The van der Waals surface area contributed by atoms with Crippen LogP contribution in [0, 0.1) is 13.8 Å². The van der Waals surface area contributed by atoms with E-state index >= 15 is 0 Å². The Hall–Kier alpha value is -3.72. The zero-order chi connectivity index (χ0) is 26.8. The first-order chi connectivity index (χ1) is 18.4. The second-order valence-corrected chi connectivity index (χ2v) is 9.99. The number of anilines is 2. The largest absolute Gasteiger partial charge is 0.375 e. The van der Waals surface area contributed by atoms with Gasteiger partial charge in [-0.3, -0.25) is 9.78 Å². The summed E-state index contributed by atoms with van der Waals surface area (Å²) in [6.07, 6.45) is 1.80. The Morgan fingerprint density at radius 3 is 2.45 bits per heavy atom. The number of ether oxygens (including phenoxy) is 1. The first kappa shape index (κ1) is 25.9. The van der Waals surface area contributed by atoms with Crippen molar-refractivity contribution in [2.75, 3.05) is 23.9 Å². The lowest BCUT2D eigenvalue weighted by Gasteiger charge is -2.28. The Labute approximate surface area is 232 Å². The molecule has 0 bridgehead atoms. The van der Waals surface area contributed by atoms with Gasteiger partial charge >= 0.3 is 0 Å². The van der Waals surface area contributed by atoms with Crippen molar-refractivity contribution in [2.24, 2.45) is 0 Å². The van der Waals surface area contributed by atoms with Crippen molar-refractivity contribution in [1.82, 2.24) is 14.9 Å². The van der Waals surface area contributed by atoms with Gasteiger partial charge in [0.05, 0.1) is 17.8 Å². The van der Waals surface area contributed by atoms with E-state index in [0.717, 1.165) is 34.0 Å². The molecular formula is C29H28ClN5O2S. The molecule has 4 aromatic rings. The lowest BCUT2D eigenvalue weighted by Crippen LogP contribution is -2.29. The van der Waals surface area contributed by atoms with Crippen LogP contribution in [0.15, 0.2) is 79.0 Å². The van der Waals surface area contributed by atoms with Gasteiger partial charge in [0.25, 0.3) is 0 Å². The van der Waals surface area contributed by atoms with Crippen LogP contribution in [0.4, 0.5) is 11.4 Å². The summed E-state index contributed by atoms with van der Waals surface area (Å²) < 4.78 is 7.14. The normalized spacial score (nSPS) is 16.9. The number of carbonyl (C=O) groups is 1. The van der Waals surface area contributed by atoms with Crippen molar-refractivity contribution < 1.29 is 9.53 Å². The fourth-order valence-corrected chi connectivity index (χ4v) is 5.53. The van der Waals surface area contributed by atoms with Crippen LogP contribution < -0.4 is 15.5 Å². The average molecular weight is 546 g/mol. The molecule has 1 aliphatic heterocycles. The van der Waals surface area contributed by atoms with E-state index in [9.17, 15) is 4.79 Å². The van der Waals surface area contributed by atoms with E-state index < -0.39 is 0 Å². The summed E-state index contributed by atoms with van der Waals surface area (Å²) in [5, 5.41) is 7.66. The van der Waals surface area contributed by atoms with E-state index in [4.69, 9.17) is 28.6 Å². The molecule has 2 aromatic heterocycles. The third kappa shape index (κ3) is 5.03. The monoisotopic (exact) mass is 545 g/mol. The number of halogens is 1. The molecule has 1 aliphatic rings. The van der Waals surface area contributed by atoms with Gasteiger partial charge in [0.2, 0.25) is 5.91 Å². The molecule has 38 heavy (non-hydrogen) atoms. The van der Waals surface area contributed by atoms with E-state index in [0.29, 0.717) is 15.8 Å². The molecule has 9 heteroatoms. The van der Waals surface area contributed by atoms with Crippen LogP contribution in [0.25, 0.3) is 5.69 Å². The standard InChI is InChI=1S/C29H28ClN5O2S/c1-18-16-24(19(2)34(18)22-11-7-20(30)8-12-22)28-27(25-6-4-5-15-31-25)33-29(38)35(28)23-13-9-21(10-14-23)32-26(36)17-37-3/h4-16,27-28H,17H2,1-3H3,(H,32,36)(H,33,38)/t27-,28-/m1/s1. The molecule has 0 saturated carbocycles. The number of carbonyl (C=O) groups excluding carboxylic acids is 1. The predicted octanol–water partition coefficient (Wildman–Crippen LogP) is 5.90. The summed E-state index contributed by atoms with van der Waals surface area (Å²) in [6, 6.07) is 23.3. The van der Waals surface area contributed by atoms with Crippen molar-refractivity contribution in [2.45, 2.75) is 25.9 Å². The van der Waals surface area contributed by atoms with Crippen LogP contribution in [0.2, 0.25) is 5.02 Å². The number of nitrogens with zero attached hydrogens (tertiary/aromatic N) is 3. The molecular weight excluding hydrogens is 518 g/mol. The second kappa shape index (κ2) is 10.9. The van der Waals surface area contributed by atoms with Gasteiger partial charge in [-0.15, -0.1) is 0 Å². The summed E-state index contributed by atoms with van der Waals surface area (Å²) in [5.74, 6) is -0.207. The first-order valence-electron chi connectivity index (χ1n) is 12.2. The van der Waals surface area contributed by atoms with E-state index in [2.05, 4.69) is 45.0 Å². The topological polar surface area (TPSA) is 71.4 Å². The smallest absolute Gasteiger partial charge is 0.250 e. The quantitative estimate of drug-likeness (QED) is 0.282. The Kier molecular flexibility index (Phi) is 7.46. The fourth-order valence-electron chi connectivity index (χ4n) is 5.06. The van der Waals surface area contributed by atoms with Crippen molar-refractivity contribution in [3.63, 3.8) is 0 Å². The van der Waals surface area contributed by atoms with Crippen LogP contribution in [-0.2, 0) is 9.53 Å². The highest BCUT2D eigenvalue weighted by molar-refractivity contribution is 7.80. The number of hydrogen-bond donors (Lipinski definition) is 2. The Morgan fingerprint density at radius 1 is 1.08 bits per heavy atom. The molecule has 1 saturated heterocycles. The van der Waals surface area contributed by atoms with Crippen LogP contribution in [0.3, 0.4) is 0 Å². The highest BCUT2D eigenvalue weighted by Crippen LogP contribution is 2.44. The highest BCUT2D eigenvalue weighted by atomic mass is 35.5. The molecule has 7 nitrogen and oxygen atoms in total. The second-order valence-electron chi connectivity index (χ2n) is 9.16. The maximum atomic E-state index is 12.0. The lowest BCUT2D eigenvalue weighted by atomic mass is 9.96. The molecule has 0 radical (unpaired) electrons. The molecule has 194 valence electrons. The third-order valence-electron chi connectivity index (χ3n) is 6.68. The van der Waals surface area contributed by atoms with Crippen LogP contribution in [0.1, 0.15) is 34.7 Å². The highest BCUT2D eigenvalue weighted by Gasteiger charge is 2.42. The number of thiocarbonyl (C=S) groups is 1. The molecule has 2 N–H and O–H groups in total. The van der Waals surface area contributed by atoms with Crippen molar-refractivity contribution in [3.05, 3.63) is 107 Å². The number of aromatic nitrogens is 2. The van der Waals surface area contributed by atoms with Gasteiger partial charge in [-0.05, 0) is 98.4 Å².